The number of anilines is 1. The minimum atomic E-state index is 0.233. The lowest BCUT2D eigenvalue weighted by atomic mass is 10.9. The Labute approximate surface area is 63.0 Å². The van der Waals surface area contributed by atoms with Gasteiger partial charge < -0.3 is 4.74 Å². The largest absolute Gasteiger partial charge is 0.463 e. The molecule has 1 amide bonds. The highest BCUT2D eigenvalue weighted by Gasteiger charge is 2.00. The van der Waals surface area contributed by atoms with Crippen molar-refractivity contribution in [2.45, 2.75) is 6.92 Å². The first-order chi connectivity index (χ1) is 5.36. The minimum absolute atomic E-state index is 0.233. The summed E-state index contributed by atoms with van der Waals surface area (Å²) in [5.74, 6) is 0.281. The van der Waals surface area contributed by atoms with Crippen LogP contribution in [0.5, 0.6) is 6.01 Å². The predicted octanol–water partition coefficient (Wildman–Crippen LogP) is -0.228. The average molecular weight is 156 g/mol. The molecule has 0 saturated heterocycles. The fraction of sp³-hybridized carbons (Fsp3) is 0.400. The second-order valence-corrected chi connectivity index (χ2v) is 1.66. The van der Waals surface area contributed by atoms with Gasteiger partial charge in [-0.05, 0) is 6.92 Å². The topological polar surface area (TPSA) is 79.9 Å². The van der Waals surface area contributed by atoms with E-state index >= 15 is 0 Å². The van der Waals surface area contributed by atoms with Gasteiger partial charge in [-0.15, -0.1) is 5.10 Å². The first kappa shape index (κ1) is 7.52. The Hall–Kier alpha value is -1.59. The van der Waals surface area contributed by atoms with Crippen LogP contribution < -0.4 is 10.1 Å². The van der Waals surface area contributed by atoms with Crippen LogP contribution in [0.3, 0.4) is 0 Å². The number of carbonyl (C=O) groups is 1. The van der Waals surface area contributed by atoms with Gasteiger partial charge in [0.15, 0.2) is 0 Å². The van der Waals surface area contributed by atoms with E-state index in [0.717, 1.165) is 0 Å². The SMILES string of the molecule is CCOc1n[nH]c(NC=O)n1. The number of hydrogen-bond donors (Lipinski definition) is 2. The highest BCUT2D eigenvalue weighted by molar-refractivity contribution is 5.66. The molecule has 1 aromatic heterocycles. The summed E-state index contributed by atoms with van der Waals surface area (Å²) in [6.45, 7) is 2.32. The molecule has 6 nitrogen and oxygen atoms in total. The molecule has 0 radical (unpaired) electrons. The number of ether oxygens (including phenoxy) is 1. The Balaban J connectivity index is 2.57. The van der Waals surface area contributed by atoms with Crippen molar-refractivity contribution < 1.29 is 9.53 Å². The number of rotatable bonds is 4. The van der Waals surface area contributed by atoms with E-state index in [-0.39, 0.29) is 12.0 Å². The van der Waals surface area contributed by atoms with Crippen molar-refractivity contribution in [3.05, 3.63) is 0 Å². The molecule has 6 heteroatoms. The number of nitrogens with zero attached hydrogens (tertiary/aromatic N) is 2. The second-order valence-electron chi connectivity index (χ2n) is 1.66. The predicted molar refractivity (Wildman–Crippen MR) is 37.2 cm³/mol. The number of nitrogens with one attached hydrogen (secondary N) is 2. The van der Waals surface area contributed by atoms with Gasteiger partial charge in [-0.25, -0.2) is 5.10 Å². The maximum Gasteiger partial charge on any atom is 0.337 e. The van der Waals surface area contributed by atoms with Gasteiger partial charge in [0, 0.05) is 0 Å². The molecule has 0 fully saturated rings. The molecule has 0 atom stereocenters. The van der Waals surface area contributed by atoms with Gasteiger partial charge in [0.1, 0.15) is 0 Å². The highest BCUT2D eigenvalue weighted by atomic mass is 16.5. The average Bonchev–Trinajstić information content (AvgIpc) is 2.38. The van der Waals surface area contributed by atoms with Crippen molar-refractivity contribution in [2.75, 3.05) is 11.9 Å². The number of amides is 1. The Kier molecular flexibility index (Phi) is 2.42. The molecule has 1 rings (SSSR count). The molecule has 1 heterocycles. The fourth-order valence-corrected chi connectivity index (χ4v) is 0.560. The fourth-order valence-electron chi connectivity index (χ4n) is 0.560. The van der Waals surface area contributed by atoms with Crippen molar-refractivity contribution in [1.29, 1.82) is 0 Å². The molecule has 0 unspecified atom stereocenters. The van der Waals surface area contributed by atoms with Crippen LogP contribution in [0.15, 0.2) is 0 Å². The lowest BCUT2D eigenvalue weighted by molar-refractivity contribution is -0.105. The molecular formula is C5H8N4O2. The van der Waals surface area contributed by atoms with Gasteiger partial charge in [0.25, 0.3) is 0 Å². The number of carbonyl (C=O) groups excluding carboxylic acids is 1. The van der Waals surface area contributed by atoms with Crippen molar-refractivity contribution in [2.24, 2.45) is 0 Å². The second kappa shape index (κ2) is 3.55. The molecule has 0 aliphatic heterocycles. The van der Waals surface area contributed by atoms with Crippen LogP contribution in [0.1, 0.15) is 6.92 Å². The zero-order valence-electron chi connectivity index (χ0n) is 6.00. The van der Waals surface area contributed by atoms with E-state index in [1.165, 1.54) is 0 Å². The third kappa shape index (κ3) is 1.92. The number of aromatic amines is 1. The van der Waals surface area contributed by atoms with Crippen LogP contribution in [-0.2, 0) is 4.79 Å². The Morgan fingerprint density at radius 2 is 2.64 bits per heavy atom. The van der Waals surface area contributed by atoms with E-state index in [4.69, 9.17) is 4.74 Å². The van der Waals surface area contributed by atoms with E-state index in [0.29, 0.717) is 13.0 Å². The summed E-state index contributed by atoms with van der Waals surface area (Å²) in [6.07, 6.45) is 0.510. The summed E-state index contributed by atoms with van der Waals surface area (Å²) in [5.41, 5.74) is 0. The van der Waals surface area contributed by atoms with Crippen LogP contribution in [0.2, 0.25) is 0 Å². The van der Waals surface area contributed by atoms with Gasteiger partial charge in [-0.3, -0.25) is 10.1 Å². The summed E-state index contributed by atoms with van der Waals surface area (Å²) in [6, 6.07) is 0.233. The molecule has 0 aliphatic carbocycles. The Morgan fingerprint density at radius 3 is 3.27 bits per heavy atom. The zero-order chi connectivity index (χ0) is 8.10. The van der Waals surface area contributed by atoms with Crippen molar-refractivity contribution in [1.82, 2.24) is 15.2 Å². The molecular weight excluding hydrogens is 148 g/mol. The summed E-state index contributed by atoms with van der Waals surface area (Å²) in [4.78, 5) is 13.7. The minimum Gasteiger partial charge on any atom is -0.463 e. The van der Waals surface area contributed by atoms with Gasteiger partial charge in [-0.2, -0.15) is 4.98 Å². The third-order valence-corrected chi connectivity index (χ3v) is 0.934. The van der Waals surface area contributed by atoms with Crippen LogP contribution in [0, 0.1) is 0 Å². The molecule has 2 N–H and O–H groups in total. The van der Waals surface area contributed by atoms with E-state index < -0.39 is 0 Å². The standard InChI is InChI=1S/C5H8N4O2/c1-2-11-5-7-4(6-3-10)8-9-5/h3H,2H2,1H3,(H2,6,7,8,9,10). The van der Waals surface area contributed by atoms with Gasteiger partial charge >= 0.3 is 6.01 Å². The maximum absolute atomic E-state index is 9.90. The molecule has 0 saturated carbocycles. The van der Waals surface area contributed by atoms with E-state index in [9.17, 15) is 4.79 Å². The van der Waals surface area contributed by atoms with Crippen molar-refractivity contribution in [3.8, 4) is 6.01 Å². The van der Waals surface area contributed by atoms with Crippen LogP contribution >= 0.6 is 0 Å². The van der Waals surface area contributed by atoms with Crippen molar-refractivity contribution >= 4 is 12.4 Å². The van der Waals surface area contributed by atoms with Crippen LogP contribution in [-0.4, -0.2) is 28.2 Å². The maximum atomic E-state index is 9.90. The molecule has 0 bridgehead atoms. The van der Waals surface area contributed by atoms with Gasteiger partial charge in [0.05, 0.1) is 6.61 Å². The number of aromatic nitrogens is 3. The molecule has 0 spiro atoms. The lowest BCUT2D eigenvalue weighted by Gasteiger charge is -1.91. The third-order valence-electron chi connectivity index (χ3n) is 0.934. The summed E-state index contributed by atoms with van der Waals surface area (Å²) >= 11 is 0. The van der Waals surface area contributed by atoms with Crippen molar-refractivity contribution in [3.63, 3.8) is 0 Å². The normalized spacial score (nSPS) is 9.18. The van der Waals surface area contributed by atoms with E-state index in [1.807, 2.05) is 6.92 Å². The molecule has 11 heavy (non-hydrogen) atoms. The monoisotopic (exact) mass is 156 g/mol. The molecule has 1 aromatic rings. The first-order valence-corrected chi connectivity index (χ1v) is 3.12. The highest BCUT2D eigenvalue weighted by Crippen LogP contribution is 2.03. The summed E-state index contributed by atoms with van der Waals surface area (Å²) < 4.78 is 4.92. The summed E-state index contributed by atoms with van der Waals surface area (Å²) in [7, 11) is 0. The number of hydrogen-bond acceptors (Lipinski definition) is 4. The first-order valence-electron chi connectivity index (χ1n) is 3.12. The number of H-pyrrole nitrogens is 1. The molecule has 0 aromatic carbocycles. The van der Waals surface area contributed by atoms with Gasteiger partial charge in [0.2, 0.25) is 12.4 Å². The van der Waals surface area contributed by atoms with Gasteiger partial charge in [-0.1, -0.05) is 0 Å². The molecule has 0 aliphatic rings. The summed E-state index contributed by atoms with van der Waals surface area (Å²) in [5, 5.41) is 8.40. The quantitative estimate of drug-likeness (QED) is 0.590. The molecule has 60 valence electrons. The zero-order valence-corrected chi connectivity index (χ0v) is 6.00. The van der Waals surface area contributed by atoms with E-state index in [1.54, 1.807) is 0 Å². The lowest BCUT2D eigenvalue weighted by Crippen LogP contribution is -1.96. The van der Waals surface area contributed by atoms with E-state index in [2.05, 4.69) is 20.5 Å². The van der Waals surface area contributed by atoms with Crippen LogP contribution in [0.4, 0.5) is 5.95 Å². The smallest absolute Gasteiger partial charge is 0.337 e. The van der Waals surface area contributed by atoms with Crippen LogP contribution in [0.25, 0.3) is 0 Å². The Morgan fingerprint density at radius 1 is 1.82 bits per heavy atom. The Bertz CT molecular complexity index is 234.